The molecular weight excluding hydrogens is 285 g/mol. The van der Waals surface area contributed by atoms with Gasteiger partial charge in [0.15, 0.2) is 5.69 Å². The zero-order chi connectivity index (χ0) is 15.5. The van der Waals surface area contributed by atoms with Crippen molar-refractivity contribution in [1.82, 2.24) is 20.1 Å². The molecule has 0 fully saturated rings. The van der Waals surface area contributed by atoms with Crippen LogP contribution in [-0.4, -0.2) is 20.7 Å². The van der Waals surface area contributed by atoms with Gasteiger partial charge in [-0.05, 0) is 24.6 Å². The van der Waals surface area contributed by atoms with E-state index in [1.54, 1.807) is 24.5 Å². The van der Waals surface area contributed by atoms with Crippen molar-refractivity contribution in [2.24, 2.45) is 0 Å². The van der Waals surface area contributed by atoms with Gasteiger partial charge in [0.2, 0.25) is 5.91 Å². The van der Waals surface area contributed by atoms with Gasteiger partial charge in [-0.15, -0.1) is 0 Å². The third-order valence-electron chi connectivity index (χ3n) is 2.86. The molecule has 2 aromatic rings. The molecule has 0 unspecified atom stereocenters. The lowest BCUT2D eigenvalue weighted by Crippen LogP contribution is -2.31. The van der Waals surface area contributed by atoms with Crippen LogP contribution >= 0.6 is 0 Å². The molecule has 0 radical (unpaired) electrons. The molecule has 1 atom stereocenters. The molecule has 0 aromatic carbocycles. The van der Waals surface area contributed by atoms with E-state index in [2.05, 4.69) is 15.4 Å². The highest BCUT2D eigenvalue weighted by atomic mass is 19.4. The Balaban J connectivity index is 1.98. The molecule has 21 heavy (non-hydrogen) atoms. The molecule has 2 rings (SSSR count). The number of hydrogen-bond acceptors (Lipinski definition) is 3. The number of nitrogens with zero attached hydrogens (tertiary/aromatic N) is 3. The summed E-state index contributed by atoms with van der Waals surface area (Å²) in [5.41, 5.74) is -0.219. The molecule has 112 valence electrons. The van der Waals surface area contributed by atoms with Gasteiger partial charge in [0, 0.05) is 25.1 Å². The van der Waals surface area contributed by atoms with Crippen LogP contribution in [0.4, 0.5) is 13.2 Å². The summed E-state index contributed by atoms with van der Waals surface area (Å²) in [6.45, 7) is 1.73. The highest BCUT2D eigenvalue weighted by Gasteiger charge is 2.34. The molecule has 0 saturated heterocycles. The average molecular weight is 298 g/mol. The van der Waals surface area contributed by atoms with Crippen LogP contribution in [0.25, 0.3) is 0 Å². The molecular formula is C13H13F3N4O. The molecule has 0 spiro atoms. The summed E-state index contributed by atoms with van der Waals surface area (Å²) in [4.78, 5) is 15.8. The molecule has 2 aromatic heterocycles. The van der Waals surface area contributed by atoms with E-state index in [1.165, 1.54) is 6.92 Å². The van der Waals surface area contributed by atoms with Crippen LogP contribution in [-0.2, 0) is 17.5 Å². The van der Waals surface area contributed by atoms with Gasteiger partial charge in [-0.3, -0.25) is 14.5 Å². The lowest BCUT2D eigenvalue weighted by molar-refractivity contribution is -0.142. The molecule has 2 heterocycles. The molecule has 1 N–H and O–H groups in total. The SMILES string of the molecule is C[C@H](C(=O)NCc1cccnc1)n1ccc(C(F)(F)F)n1. The predicted octanol–water partition coefficient (Wildman–Crippen LogP) is 2.17. The number of carbonyl (C=O) groups excluding carboxylic acids is 1. The maximum absolute atomic E-state index is 12.5. The third kappa shape index (κ3) is 3.80. The van der Waals surface area contributed by atoms with Crippen molar-refractivity contribution >= 4 is 5.91 Å². The van der Waals surface area contributed by atoms with E-state index in [1.807, 2.05) is 0 Å². The van der Waals surface area contributed by atoms with E-state index in [-0.39, 0.29) is 6.54 Å². The maximum Gasteiger partial charge on any atom is 0.435 e. The van der Waals surface area contributed by atoms with Crippen LogP contribution in [0, 0.1) is 0 Å². The molecule has 1 amide bonds. The van der Waals surface area contributed by atoms with E-state index in [0.29, 0.717) is 0 Å². The van der Waals surface area contributed by atoms with Gasteiger partial charge in [-0.25, -0.2) is 0 Å². The summed E-state index contributed by atoms with van der Waals surface area (Å²) < 4.78 is 38.3. The number of nitrogens with one attached hydrogen (secondary N) is 1. The summed E-state index contributed by atoms with van der Waals surface area (Å²) in [6.07, 6.45) is -0.175. The zero-order valence-corrected chi connectivity index (χ0v) is 11.1. The summed E-state index contributed by atoms with van der Waals surface area (Å²) in [5.74, 6) is -0.421. The first-order valence-corrected chi connectivity index (χ1v) is 6.17. The first-order chi connectivity index (χ1) is 9.88. The minimum Gasteiger partial charge on any atom is -0.350 e. The Hall–Kier alpha value is -2.38. The lowest BCUT2D eigenvalue weighted by atomic mass is 10.2. The van der Waals surface area contributed by atoms with Gasteiger partial charge >= 0.3 is 6.18 Å². The molecule has 0 aliphatic carbocycles. The van der Waals surface area contributed by atoms with Crippen molar-refractivity contribution in [1.29, 1.82) is 0 Å². The number of alkyl halides is 3. The highest BCUT2D eigenvalue weighted by Crippen LogP contribution is 2.27. The minimum atomic E-state index is -4.52. The van der Waals surface area contributed by atoms with Crippen LogP contribution in [0.1, 0.15) is 24.2 Å². The molecule has 5 nitrogen and oxygen atoms in total. The number of aromatic nitrogens is 3. The lowest BCUT2D eigenvalue weighted by Gasteiger charge is -2.12. The van der Waals surface area contributed by atoms with Crippen molar-refractivity contribution in [3.63, 3.8) is 0 Å². The topological polar surface area (TPSA) is 59.8 Å². The van der Waals surface area contributed by atoms with E-state index in [0.717, 1.165) is 22.5 Å². The van der Waals surface area contributed by atoms with Crippen LogP contribution < -0.4 is 5.32 Å². The average Bonchev–Trinajstić information content (AvgIpc) is 2.95. The summed E-state index contributed by atoms with van der Waals surface area (Å²) in [5, 5.41) is 6.00. The standard InChI is InChI=1S/C13H13F3N4O/c1-9(20-6-4-11(19-20)13(14,15)16)12(21)18-8-10-3-2-5-17-7-10/h2-7,9H,8H2,1H3,(H,18,21)/t9-/m1/s1. The van der Waals surface area contributed by atoms with Crippen molar-refractivity contribution in [3.05, 3.63) is 48.0 Å². The second-order valence-electron chi connectivity index (χ2n) is 4.43. The number of rotatable bonds is 4. The maximum atomic E-state index is 12.5. The smallest absolute Gasteiger partial charge is 0.350 e. The van der Waals surface area contributed by atoms with Crippen molar-refractivity contribution in [2.45, 2.75) is 25.7 Å². The second kappa shape index (κ2) is 5.94. The van der Waals surface area contributed by atoms with Crippen LogP contribution in [0.3, 0.4) is 0 Å². The fourth-order valence-corrected chi connectivity index (χ4v) is 1.66. The van der Waals surface area contributed by atoms with E-state index >= 15 is 0 Å². The molecule has 0 aliphatic heterocycles. The van der Waals surface area contributed by atoms with Crippen LogP contribution in [0.15, 0.2) is 36.8 Å². The van der Waals surface area contributed by atoms with Crippen molar-refractivity contribution in [3.8, 4) is 0 Å². The summed E-state index contributed by atoms with van der Waals surface area (Å²) in [7, 11) is 0. The Morgan fingerprint density at radius 3 is 2.76 bits per heavy atom. The number of amides is 1. The highest BCUT2D eigenvalue weighted by molar-refractivity contribution is 5.79. The van der Waals surface area contributed by atoms with Gasteiger partial charge in [0.25, 0.3) is 0 Å². The van der Waals surface area contributed by atoms with Crippen LogP contribution in [0.2, 0.25) is 0 Å². The monoisotopic (exact) mass is 298 g/mol. The van der Waals surface area contributed by atoms with Gasteiger partial charge in [-0.2, -0.15) is 18.3 Å². The quantitative estimate of drug-likeness (QED) is 0.941. The van der Waals surface area contributed by atoms with Crippen molar-refractivity contribution < 1.29 is 18.0 Å². The van der Waals surface area contributed by atoms with Crippen molar-refractivity contribution in [2.75, 3.05) is 0 Å². The Morgan fingerprint density at radius 1 is 1.43 bits per heavy atom. The Bertz CT molecular complexity index is 609. The third-order valence-corrected chi connectivity index (χ3v) is 2.86. The largest absolute Gasteiger partial charge is 0.435 e. The number of halogens is 3. The fraction of sp³-hybridized carbons (Fsp3) is 0.308. The summed E-state index contributed by atoms with van der Waals surface area (Å²) >= 11 is 0. The number of hydrogen-bond donors (Lipinski definition) is 1. The van der Waals surface area contributed by atoms with Gasteiger partial charge in [-0.1, -0.05) is 6.07 Å². The Morgan fingerprint density at radius 2 is 2.19 bits per heavy atom. The minimum absolute atomic E-state index is 0.254. The summed E-state index contributed by atoms with van der Waals surface area (Å²) in [6, 6.07) is 3.52. The predicted molar refractivity (Wildman–Crippen MR) is 68.0 cm³/mol. The van der Waals surface area contributed by atoms with E-state index < -0.39 is 23.8 Å². The molecule has 0 bridgehead atoms. The van der Waals surface area contributed by atoms with E-state index in [4.69, 9.17) is 0 Å². The second-order valence-corrected chi connectivity index (χ2v) is 4.43. The van der Waals surface area contributed by atoms with E-state index in [9.17, 15) is 18.0 Å². The van der Waals surface area contributed by atoms with Gasteiger partial charge < -0.3 is 5.32 Å². The first kappa shape index (κ1) is 15.0. The number of carbonyl (C=O) groups is 1. The first-order valence-electron chi connectivity index (χ1n) is 6.17. The molecule has 0 aliphatic rings. The van der Waals surface area contributed by atoms with Gasteiger partial charge in [0.1, 0.15) is 6.04 Å². The Labute approximate surface area is 118 Å². The molecule has 0 saturated carbocycles. The molecule has 8 heteroatoms. The zero-order valence-electron chi connectivity index (χ0n) is 11.1. The van der Waals surface area contributed by atoms with Crippen LogP contribution in [0.5, 0.6) is 0 Å². The Kier molecular flexibility index (Phi) is 4.25. The van der Waals surface area contributed by atoms with Gasteiger partial charge in [0.05, 0.1) is 0 Å². The fourth-order valence-electron chi connectivity index (χ4n) is 1.66. The normalized spacial score (nSPS) is 13.0. The number of pyridine rings is 1.